The predicted molar refractivity (Wildman–Crippen MR) is 119 cm³/mol. The van der Waals surface area contributed by atoms with Crippen molar-refractivity contribution in [3.63, 3.8) is 0 Å². The van der Waals surface area contributed by atoms with Crippen molar-refractivity contribution >= 4 is 6.03 Å². The highest BCUT2D eigenvalue weighted by Crippen LogP contribution is 2.57. The fourth-order valence-corrected chi connectivity index (χ4v) is 6.94. The van der Waals surface area contributed by atoms with Crippen LogP contribution in [-0.4, -0.2) is 80.4 Å². The molecule has 2 aromatic heterocycles. The van der Waals surface area contributed by atoms with Crippen LogP contribution < -0.4 is 0 Å². The second kappa shape index (κ2) is 7.62. The number of amides is 2. The van der Waals surface area contributed by atoms with Crippen molar-refractivity contribution in [3.8, 4) is 0 Å². The fraction of sp³-hybridized carbons (Fsp3) is 0.708. The first-order valence-electron chi connectivity index (χ1n) is 12.6. The van der Waals surface area contributed by atoms with Crippen molar-refractivity contribution < 1.29 is 22.7 Å². The third-order valence-electron chi connectivity index (χ3n) is 8.85. The van der Waals surface area contributed by atoms with Gasteiger partial charge in [0.1, 0.15) is 5.82 Å². The first kappa shape index (κ1) is 22.4. The van der Waals surface area contributed by atoms with Crippen molar-refractivity contribution in [1.29, 1.82) is 0 Å². The van der Waals surface area contributed by atoms with Crippen LogP contribution in [0.1, 0.15) is 60.6 Å². The van der Waals surface area contributed by atoms with E-state index < -0.39 is 11.9 Å². The molecule has 2 aliphatic carbocycles. The van der Waals surface area contributed by atoms with E-state index in [4.69, 9.17) is 4.74 Å². The Hall–Kier alpha value is -2.76. The normalized spacial score (nSPS) is 25.2. The van der Waals surface area contributed by atoms with E-state index in [0.29, 0.717) is 43.1 Å². The lowest BCUT2D eigenvalue weighted by Gasteiger charge is -2.63. The first-order valence-corrected chi connectivity index (χ1v) is 12.6. The number of aromatic amines is 1. The van der Waals surface area contributed by atoms with Gasteiger partial charge in [0, 0.05) is 49.1 Å². The summed E-state index contributed by atoms with van der Waals surface area (Å²) in [7, 11) is 0. The molecule has 3 saturated heterocycles. The third-order valence-corrected chi connectivity index (χ3v) is 8.85. The molecule has 2 saturated carbocycles. The molecule has 5 aliphatic rings. The van der Waals surface area contributed by atoms with Gasteiger partial charge in [-0.15, -0.1) is 0 Å². The van der Waals surface area contributed by atoms with Crippen molar-refractivity contribution in [2.45, 2.75) is 50.1 Å². The number of carbonyl (C=O) groups is 1. The summed E-state index contributed by atoms with van der Waals surface area (Å²) in [6, 6.07) is 0.138. The summed E-state index contributed by atoms with van der Waals surface area (Å²) in [5.41, 5.74) is 0.0542. The van der Waals surface area contributed by atoms with Gasteiger partial charge in [0.25, 0.3) is 0 Å². The van der Waals surface area contributed by atoms with E-state index >= 15 is 0 Å². The van der Waals surface area contributed by atoms with Gasteiger partial charge in [0.15, 0.2) is 11.5 Å². The molecule has 12 heteroatoms. The van der Waals surface area contributed by atoms with Crippen LogP contribution in [0.25, 0.3) is 0 Å². The molecule has 2 amide bonds. The monoisotopic (exact) mass is 503 g/mol. The van der Waals surface area contributed by atoms with Crippen LogP contribution in [0.5, 0.6) is 0 Å². The minimum Gasteiger partial charge on any atom is -0.380 e. The molecule has 5 fully saturated rings. The molecule has 5 heterocycles. The number of H-pyrrole nitrogens is 1. The number of alkyl halides is 3. The maximum atomic E-state index is 12.9. The van der Waals surface area contributed by atoms with Gasteiger partial charge in [-0.3, -0.25) is 10.1 Å². The van der Waals surface area contributed by atoms with Gasteiger partial charge in [-0.05, 0) is 38.0 Å². The van der Waals surface area contributed by atoms with Crippen molar-refractivity contribution in [3.05, 3.63) is 35.4 Å². The standard InChI is InChI=1S/C24H28F3N7O2/c25-24(26,27)18-7-28-17(6-29-18)1-14-2-22(3-14)10-33(11-22)21(35)34-12-23(13-34)4-15(5-23)19-30-20(32-31-19)16-8-36-9-16/h6-7,14-16H,1-5,8-13H2,(H,30,31,32). The van der Waals surface area contributed by atoms with Crippen LogP contribution in [0, 0.1) is 16.7 Å². The average Bonchev–Trinajstić information content (AvgIpc) is 3.13. The van der Waals surface area contributed by atoms with Gasteiger partial charge in [0.05, 0.1) is 31.0 Å². The fourth-order valence-electron chi connectivity index (χ4n) is 6.94. The minimum absolute atomic E-state index is 0.138. The Morgan fingerprint density at radius 3 is 2.22 bits per heavy atom. The van der Waals surface area contributed by atoms with Gasteiger partial charge < -0.3 is 14.5 Å². The van der Waals surface area contributed by atoms with E-state index in [1.165, 1.54) is 6.20 Å². The zero-order chi connectivity index (χ0) is 24.7. The zero-order valence-corrected chi connectivity index (χ0v) is 19.8. The van der Waals surface area contributed by atoms with Crippen molar-refractivity contribution in [2.75, 3.05) is 39.4 Å². The average molecular weight is 504 g/mol. The van der Waals surface area contributed by atoms with Crippen LogP contribution in [0.3, 0.4) is 0 Å². The van der Waals surface area contributed by atoms with E-state index in [1.54, 1.807) is 0 Å². The molecule has 0 atom stereocenters. The van der Waals surface area contributed by atoms with Gasteiger partial charge in [0.2, 0.25) is 0 Å². The number of nitrogens with zero attached hydrogens (tertiary/aromatic N) is 6. The van der Waals surface area contributed by atoms with Gasteiger partial charge >= 0.3 is 12.2 Å². The summed E-state index contributed by atoms with van der Waals surface area (Å²) in [6.07, 6.45) is 2.28. The number of hydrogen-bond acceptors (Lipinski definition) is 6. The molecule has 0 unspecified atom stereocenters. The second-order valence-corrected chi connectivity index (χ2v) is 11.8. The number of ether oxygens (including phenoxy) is 1. The zero-order valence-electron chi connectivity index (χ0n) is 19.8. The highest BCUT2D eigenvalue weighted by molar-refractivity contribution is 5.77. The van der Waals surface area contributed by atoms with Gasteiger partial charge in [-0.1, -0.05) is 0 Å². The lowest BCUT2D eigenvalue weighted by molar-refractivity contribution is -0.141. The van der Waals surface area contributed by atoms with E-state index in [1.807, 2.05) is 9.80 Å². The van der Waals surface area contributed by atoms with Crippen LogP contribution in [-0.2, 0) is 17.3 Å². The Bertz CT molecular complexity index is 1150. The number of carbonyl (C=O) groups excluding carboxylic acids is 1. The predicted octanol–water partition coefficient (Wildman–Crippen LogP) is 2.98. The van der Waals surface area contributed by atoms with Crippen LogP contribution in [0.4, 0.5) is 18.0 Å². The molecule has 0 bridgehead atoms. The summed E-state index contributed by atoms with van der Waals surface area (Å²) < 4.78 is 43.2. The molecular formula is C24H28F3N7O2. The first-order chi connectivity index (χ1) is 17.2. The third kappa shape index (κ3) is 3.67. The summed E-state index contributed by atoms with van der Waals surface area (Å²) >= 11 is 0. The number of likely N-dealkylation sites (tertiary alicyclic amines) is 2. The molecule has 9 nitrogen and oxygen atoms in total. The molecule has 7 rings (SSSR count). The van der Waals surface area contributed by atoms with E-state index in [-0.39, 0.29) is 16.9 Å². The Balaban J connectivity index is 0.835. The molecular weight excluding hydrogens is 475 g/mol. The summed E-state index contributed by atoms with van der Waals surface area (Å²) in [5.74, 6) is 2.95. The smallest absolute Gasteiger partial charge is 0.380 e. The number of aromatic nitrogens is 5. The maximum Gasteiger partial charge on any atom is 0.434 e. The highest BCUT2D eigenvalue weighted by Gasteiger charge is 2.58. The molecule has 0 radical (unpaired) electrons. The Labute approximate surface area is 205 Å². The minimum atomic E-state index is -4.46. The Morgan fingerprint density at radius 2 is 1.67 bits per heavy atom. The Kier molecular flexibility index (Phi) is 4.75. The molecule has 2 spiro atoms. The quantitative estimate of drug-likeness (QED) is 0.689. The highest BCUT2D eigenvalue weighted by atomic mass is 19.4. The lowest BCUT2D eigenvalue weighted by atomic mass is 9.56. The molecule has 192 valence electrons. The largest absolute Gasteiger partial charge is 0.434 e. The molecule has 2 aromatic rings. The van der Waals surface area contributed by atoms with Crippen molar-refractivity contribution in [1.82, 2.24) is 34.9 Å². The lowest BCUT2D eigenvalue weighted by Crippen LogP contribution is -2.71. The number of nitrogens with one attached hydrogen (secondary N) is 1. The van der Waals surface area contributed by atoms with Crippen LogP contribution in [0.2, 0.25) is 0 Å². The molecule has 36 heavy (non-hydrogen) atoms. The topological polar surface area (TPSA) is 100 Å². The molecule has 3 aliphatic heterocycles. The van der Waals surface area contributed by atoms with Crippen LogP contribution in [0.15, 0.2) is 12.4 Å². The van der Waals surface area contributed by atoms with E-state index in [2.05, 4.69) is 25.1 Å². The number of halogens is 3. The number of urea groups is 1. The van der Waals surface area contributed by atoms with Gasteiger partial charge in [-0.25, -0.2) is 14.8 Å². The second-order valence-electron chi connectivity index (χ2n) is 11.8. The van der Waals surface area contributed by atoms with E-state index in [9.17, 15) is 18.0 Å². The summed E-state index contributed by atoms with van der Waals surface area (Å²) in [4.78, 5) is 28.9. The molecule has 0 aromatic carbocycles. The number of rotatable bonds is 4. The molecule has 1 N–H and O–H groups in total. The summed E-state index contributed by atoms with van der Waals surface area (Å²) in [5, 5.41) is 7.46. The van der Waals surface area contributed by atoms with Crippen LogP contribution >= 0.6 is 0 Å². The maximum absolute atomic E-state index is 12.9. The summed E-state index contributed by atoms with van der Waals surface area (Å²) in [6.45, 7) is 4.60. The Morgan fingerprint density at radius 1 is 1.00 bits per heavy atom. The van der Waals surface area contributed by atoms with E-state index in [0.717, 1.165) is 69.7 Å². The number of hydrogen-bond donors (Lipinski definition) is 1. The van der Waals surface area contributed by atoms with Crippen molar-refractivity contribution in [2.24, 2.45) is 16.7 Å². The van der Waals surface area contributed by atoms with Gasteiger partial charge in [-0.2, -0.15) is 18.3 Å². The SMILES string of the molecule is O=C(N1CC2(CC(Cc3cnc(C(F)(F)F)cn3)C2)C1)N1CC2(CC(c3nc(C4COC4)n[nH]3)C2)C1.